The van der Waals surface area contributed by atoms with Gasteiger partial charge in [0, 0.05) is 39.5 Å². The highest BCUT2D eigenvalue weighted by Gasteiger charge is 2.13. The molecule has 0 unspecified atom stereocenters. The lowest BCUT2D eigenvalue weighted by atomic mass is 10.00. The predicted octanol–water partition coefficient (Wildman–Crippen LogP) is 7.29. The van der Waals surface area contributed by atoms with E-state index in [1.54, 1.807) is 0 Å². The molecule has 0 N–H and O–H groups in total. The van der Waals surface area contributed by atoms with Crippen LogP contribution < -0.4 is 0 Å². The number of hydrogen-bond donors (Lipinski definition) is 0. The van der Waals surface area contributed by atoms with Gasteiger partial charge in [0.25, 0.3) is 0 Å². The Labute approximate surface area is 177 Å². The summed E-state index contributed by atoms with van der Waals surface area (Å²) in [7, 11) is 0. The summed E-state index contributed by atoms with van der Waals surface area (Å²) in [6.07, 6.45) is 0. The second-order valence-electron chi connectivity index (χ2n) is 7.66. The summed E-state index contributed by atoms with van der Waals surface area (Å²) in [5.41, 5.74) is 8.01. The van der Waals surface area contributed by atoms with E-state index < -0.39 is 0 Å². The number of rotatable bonds is 4. The van der Waals surface area contributed by atoms with Crippen molar-refractivity contribution in [3.8, 4) is 0 Å². The zero-order valence-corrected chi connectivity index (χ0v) is 17.3. The van der Waals surface area contributed by atoms with Gasteiger partial charge in [-0.25, -0.2) is 4.99 Å². The van der Waals surface area contributed by atoms with Gasteiger partial charge in [-0.2, -0.15) is 0 Å². The van der Waals surface area contributed by atoms with Gasteiger partial charge in [0.1, 0.15) is 0 Å². The molecule has 5 rings (SSSR count). The average Bonchev–Trinajstić information content (AvgIpc) is 3.12. The van der Waals surface area contributed by atoms with Gasteiger partial charge in [0.05, 0.1) is 11.4 Å². The Morgan fingerprint density at radius 2 is 1.40 bits per heavy atom. The molecule has 5 aromatic rings. The van der Waals surface area contributed by atoms with Crippen molar-refractivity contribution in [1.29, 1.82) is 0 Å². The maximum absolute atomic E-state index is 5.06. The van der Waals surface area contributed by atoms with Crippen molar-refractivity contribution in [3.63, 3.8) is 0 Å². The molecule has 0 saturated carbocycles. The van der Waals surface area contributed by atoms with Crippen molar-refractivity contribution < 1.29 is 0 Å². The van der Waals surface area contributed by atoms with Crippen molar-refractivity contribution in [2.75, 3.05) is 0 Å². The Bertz CT molecular complexity index is 1360. The van der Waals surface area contributed by atoms with Crippen LogP contribution in [0.25, 0.3) is 21.8 Å². The number of benzene rings is 4. The lowest BCUT2D eigenvalue weighted by Gasteiger charge is -2.09. The van der Waals surface area contributed by atoms with Crippen molar-refractivity contribution in [2.45, 2.75) is 20.4 Å². The first kappa shape index (κ1) is 18.4. The normalized spacial score (nSPS) is 12.0. The molecule has 2 heteroatoms. The van der Waals surface area contributed by atoms with Crippen LogP contribution in [-0.4, -0.2) is 10.3 Å². The van der Waals surface area contributed by atoms with E-state index in [0.717, 1.165) is 29.1 Å². The molecule has 2 nitrogen and oxygen atoms in total. The zero-order chi connectivity index (χ0) is 20.5. The molecule has 0 saturated heterocycles. The number of aryl methyl sites for hydroxylation is 2. The van der Waals surface area contributed by atoms with Crippen LogP contribution in [0.5, 0.6) is 0 Å². The molecule has 0 fully saturated rings. The van der Waals surface area contributed by atoms with Crippen LogP contribution in [0.3, 0.4) is 0 Å². The molecule has 0 spiro atoms. The summed E-state index contributed by atoms with van der Waals surface area (Å²) >= 11 is 0. The standard InChI is InChI=1S/C28H24N2/c1-3-30-26-12-8-7-11-24(26)25-19-22(15-18-27(25)30)28(21-9-5-4-6-10-21)29-23-16-13-20(2)14-17-23/h4-19H,3H2,1-2H3. The van der Waals surface area contributed by atoms with Gasteiger partial charge in [-0.3, -0.25) is 0 Å². The van der Waals surface area contributed by atoms with E-state index >= 15 is 0 Å². The molecule has 1 aromatic heterocycles. The smallest absolute Gasteiger partial charge is 0.0781 e. The molecule has 0 atom stereocenters. The van der Waals surface area contributed by atoms with E-state index in [1.807, 2.05) is 6.07 Å². The number of aliphatic imine (C=N–C) groups is 1. The third kappa shape index (κ3) is 3.21. The third-order valence-electron chi connectivity index (χ3n) is 5.68. The summed E-state index contributed by atoms with van der Waals surface area (Å²) in [6.45, 7) is 5.25. The Balaban J connectivity index is 1.75. The van der Waals surface area contributed by atoms with Crippen molar-refractivity contribution >= 4 is 33.2 Å². The van der Waals surface area contributed by atoms with Gasteiger partial charge in [-0.05, 0) is 44.2 Å². The molecule has 0 bridgehead atoms. The Morgan fingerprint density at radius 1 is 0.700 bits per heavy atom. The Morgan fingerprint density at radius 3 is 2.17 bits per heavy atom. The summed E-state index contributed by atoms with van der Waals surface area (Å²) in [4.78, 5) is 5.06. The van der Waals surface area contributed by atoms with Crippen LogP contribution in [0.15, 0.2) is 102 Å². The zero-order valence-electron chi connectivity index (χ0n) is 17.3. The van der Waals surface area contributed by atoms with Gasteiger partial charge >= 0.3 is 0 Å². The highest BCUT2D eigenvalue weighted by Crippen LogP contribution is 2.31. The van der Waals surface area contributed by atoms with E-state index in [4.69, 9.17) is 4.99 Å². The van der Waals surface area contributed by atoms with Crippen LogP contribution in [0, 0.1) is 6.92 Å². The van der Waals surface area contributed by atoms with Crippen LogP contribution in [-0.2, 0) is 6.54 Å². The second-order valence-corrected chi connectivity index (χ2v) is 7.66. The molecule has 4 aromatic carbocycles. The molecule has 0 aliphatic carbocycles. The molecular formula is C28H24N2. The number of aromatic nitrogens is 1. The van der Waals surface area contributed by atoms with Crippen molar-refractivity contribution in [3.05, 3.63) is 114 Å². The van der Waals surface area contributed by atoms with E-state index in [-0.39, 0.29) is 0 Å². The summed E-state index contributed by atoms with van der Waals surface area (Å²) in [6, 6.07) is 34.2. The van der Waals surface area contributed by atoms with E-state index in [2.05, 4.69) is 109 Å². The van der Waals surface area contributed by atoms with Gasteiger partial charge in [-0.15, -0.1) is 0 Å². The van der Waals surface area contributed by atoms with E-state index in [9.17, 15) is 0 Å². The highest BCUT2D eigenvalue weighted by molar-refractivity contribution is 6.17. The Kier molecular flexibility index (Phi) is 4.68. The van der Waals surface area contributed by atoms with Crippen LogP contribution in [0.4, 0.5) is 5.69 Å². The molecule has 146 valence electrons. The van der Waals surface area contributed by atoms with Crippen LogP contribution in [0.1, 0.15) is 23.6 Å². The fraction of sp³-hybridized carbons (Fsp3) is 0.107. The lowest BCUT2D eigenvalue weighted by molar-refractivity contribution is 0.827. The first-order chi connectivity index (χ1) is 14.7. The largest absolute Gasteiger partial charge is 0.341 e. The molecule has 0 amide bonds. The van der Waals surface area contributed by atoms with Gasteiger partial charge in [0.2, 0.25) is 0 Å². The molecule has 0 aliphatic rings. The van der Waals surface area contributed by atoms with Crippen molar-refractivity contribution in [2.24, 2.45) is 4.99 Å². The van der Waals surface area contributed by atoms with E-state index in [0.29, 0.717) is 0 Å². The summed E-state index contributed by atoms with van der Waals surface area (Å²) in [5, 5.41) is 2.57. The summed E-state index contributed by atoms with van der Waals surface area (Å²) < 4.78 is 2.38. The highest BCUT2D eigenvalue weighted by atomic mass is 15.0. The first-order valence-electron chi connectivity index (χ1n) is 10.5. The minimum absolute atomic E-state index is 0.951. The quantitative estimate of drug-likeness (QED) is 0.288. The second kappa shape index (κ2) is 7.64. The van der Waals surface area contributed by atoms with Crippen LogP contribution >= 0.6 is 0 Å². The van der Waals surface area contributed by atoms with Gasteiger partial charge in [-0.1, -0.05) is 72.3 Å². The molecule has 30 heavy (non-hydrogen) atoms. The number of hydrogen-bond acceptors (Lipinski definition) is 1. The third-order valence-corrected chi connectivity index (χ3v) is 5.68. The molecule has 1 heterocycles. The molecule has 0 aliphatic heterocycles. The topological polar surface area (TPSA) is 17.3 Å². The monoisotopic (exact) mass is 388 g/mol. The minimum atomic E-state index is 0.951. The number of nitrogens with zero attached hydrogens (tertiary/aromatic N) is 2. The number of fused-ring (bicyclic) bond motifs is 3. The average molecular weight is 389 g/mol. The van der Waals surface area contributed by atoms with Gasteiger partial charge < -0.3 is 4.57 Å². The Hall–Kier alpha value is -3.65. The van der Waals surface area contributed by atoms with Gasteiger partial charge in [0.15, 0.2) is 0 Å². The lowest BCUT2D eigenvalue weighted by Crippen LogP contribution is -2.03. The fourth-order valence-corrected chi connectivity index (χ4v) is 4.18. The van der Waals surface area contributed by atoms with Crippen molar-refractivity contribution in [1.82, 2.24) is 4.57 Å². The van der Waals surface area contributed by atoms with Crippen LogP contribution in [0.2, 0.25) is 0 Å². The summed E-state index contributed by atoms with van der Waals surface area (Å²) in [5.74, 6) is 0. The molecular weight excluding hydrogens is 364 g/mol. The maximum Gasteiger partial charge on any atom is 0.0781 e. The number of para-hydroxylation sites is 1. The fourth-order valence-electron chi connectivity index (χ4n) is 4.18. The SMILES string of the molecule is CCn1c2ccccc2c2cc(C(=Nc3ccc(C)cc3)c3ccccc3)ccc21. The van der Waals surface area contributed by atoms with E-state index in [1.165, 1.54) is 27.4 Å². The minimum Gasteiger partial charge on any atom is -0.341 e. The maximum atomic E-state index is 5.06. The first-order valence-corrected chi connectivity index (χ1v) is 10.5. The predicted molar refractivity (Wildman–Crippen MR) is 128 cm³/mol. The molecule has 0 radical (unpaired) electrons.